The summed E-state index contributed by atoms with van der Waals surface area (Å²) in [5.74, 6) is -0.869. The Kier molecular flexibility index (Phi) is 6.62. The molecule has 0 saturated heterocycles. The van der Waals surface area contributed by atoms with Crippen molar-refractivity contribution in [3.05, 3.63) is 95.1 Å². The minimum Gasteiger partial charge on any atom is -0.318 e. The van der Waals surface area contributed by atoms with Crippen LogP contribution in [-0.4, -0.2) is 17.5 Å². The molecule has 0 aliphatic carbocycles. The number of Topliss-reactive ketones (excluding diaryl/α,β-unsaturated/α-hetero) is 1. The number of oxime groups is 1. The van der Waals surface area contributed by atoms with Gasteiger partial charge in [-0.3, -0.25) is 4.79 Å². The van der Waals surface area contributed by atoms with Gasteiger partial charge in [0, 0.05) is 27.8 Å². The fraction of sp³-hybridized carbons (Fsp3) is 0.125. The van der Waals surface area contributed by atoms with E-state index in [1.807, 2.05) is 74.5 Å². The monoisotopic (exact) mass is 403 g/mol. The highest BCUT2D eigenvalue weighted by Crippen LogP contribution is 2.27. The van der Waals surface area contributed by atoms with E-state index in [0.717, 1.165) is 20.9 Å². The average molecular weight is 404 g/mol. The van der Waals surface area contributed by atoms with Gasteiger partial charge in [-0.05, 0) is 61.9 Å². The second kappa shape index (κ2) is 9.34. The maximum atomic E-state index is 13.2. The van der Waals surface area contributed by atoms with Crippen molar-refractivity contribution in [3.63, 3.8) is 0 Å². The smallest absolute Gasteiger partial charge is 0.318 e. The van der Waals surface area contributed by atoms with Crippen LogP contribution < -0.4 is 0 Å². The van der Waals surface area contributed by atoms with Crippen LogP contribution in [0.4, 0.5) is 0 Å². The molecule has 0 radical (unpaired) electrons. The SMILES string of the molecule is CC(=O)O/N=C(\C(=O)c1ccc(Sc2ccccc2)cc1)c1cc(C)ccc1C. The van der Waals surface area contributed by atoms with E-state index in [9.17, 15) is 9.59 Å². The molecule has 0 bridgehead atoms. The molecular weight excluding hydrogens is 382 g/mol. The van der Waals surface area contributed by atoms with Crippen molar-refractivity contribution in [2.45, 2.75) is 30.6 Å². The Balaban J connectivity index is 1.90. The average Bonchev–Trinajstić information content (AvgIpc) is 2.71. The lowest BCUT2D eigenvalue weighted by atomic mass is 9.96. The molecule has 0 aliphatic rings. The molecule has 0 N–H and O–H groups in total. The zero-order valence-electron chi connectivity index (χ0n) is 16.5. The lowest BCUT2D eigenvalue weighted by molar-refractivity contribution is -0.140. The summed E-state index contributed by atoms with van der Waals surface area (Å²) in [6.07, 6.45) is 0. The van der Waals surface area contributed by atoms with E-state index in [-0.39, 0.29) is 11.5 Å². The molecule has 0 amide bonds. The Morgan fingerprint density at radius 2 is 1.52 bits per heavy atom. The van der Waals surface area contributed by atoms with E-state index in [4.69, 9.17) is 4.84 Å². The summed E-state index contributed by atoms with van der Waals surface area (Å²) in [5.41, 5.74) is 3.12. The van der Waals surface area contributed by atoms with Gasteiger partial charge in [-0.25, -0.2) is 4.79 Å². The molecule has 3 rings (SSSR count). The molecular formula is C24H21NO3S. The minimum atomic E-state index is -0.574. The third-order valence-corrected chi connectivity index (χ3v) is 5.24. The van der Waals surface area contributed by atoms with Crippen molar-refractivity contribution in [3.8, 4) is 0 Å². The number of ketones is 1. The largest absolute Gasteiger partial charge is 0.332 e. The molecule has 0 heterocycles. The summed E-state index contributed by atoms with van der Waals surface area (Å²) in [5, 5.41) is 3.87. The molecule has 3 aromatic rings. The Hall–Kier alpha value is -3.18. The van der Waals surface area contributed by atoms with Crippen molar-refractivity contribution in [2.24, 2.45) is 5.16 Å². The van der Waals surface area contributed by atoms with Crippen molar-refractivity contribution < 1.29 is 14.4 Å². The molecule has 0 aromatic heterocycles. The fourth-order valence-corrected chi connectivity index (χ4v) is 3.59. The normalized spacial score (nSPS) is 11.2. The van der Waals surface area contributed by atoms with E-state index < -0.39 is 5.97 Å². The number of hydrogen-bond acceptors (Lipinski definition) is 5. The molecule has 5 heteroatoms. The summed E-state index contributed by atoms with van der Waals surface area (Å²) in [6.45, 7) is 5.09. The first-order valence-corrected chi connectivity index (χ1v) is 9.96. The third kappa shape index (κ3) is 5.42. The van der Waals surface area contributed by atoms with Gasteiger partial charge in [-0.1, -0.05) is 52.8 Å². The van der Waals surface area contributed by atoms with Crippen LogP contribution in [0.5, 0.6) is 0 Å². The maximum absolute atomic E-state index is 13.2. The Morgan fingerprint density at radius 3 is 2.17 bits per heavy atom. The van der Waals surface area contributed by atoms with Crippen molar-refractivity contribution in [1.82, 2.24) is 0 Å². The molecule has 0 atom stereocenters. The highest BCUT2D eigenvalue weighted by Gasteiger charge is 2.20. The van der Waals surface area contributed by atoms with Crippen LogP contribution in [0, 0.1) is 13.8 Å². The van der Waals surface area contributed by atoms with Crippen molar-refractivity contribution >= 4 is 29.2 Å². The minimum absolute atomic E-state index is 0.116. The quantitative estimate of drug-likeness (QED) is 0.232. The van der Waals surface area contributed by atoms with Crippen LogP contribution in [-0.2, 0) is 9.63 Å². The van der Waals surface area contributed by atoms with Crippen LogP contribution in [0.15, 0.2) is 87.7 Å². The predicted octanol–water partition coefficient (Wildman–Crippen LogP) is 5.60. The number of rotatable bonds is 6. The number of nitrogens with zero attached hydrogens (tertiary/aromatic N) is 1. The number of carbonyl (C=O) groups excluding carboxylic acids is 2. The Morgan fingerprint density at radius 1 is 0.862 bits per heavy atom. The van der Waals surface area contributed by atoms with Crippen LogP contribution in [0.1, 0.15) is 34.0 Å². The van der Waals surface area contributed by atoms with Gasteiger partial charge < -0.3 is 4.84 Å². The van der Waals surface area contributed by atoms with Gasteiger partial charge in [0.25, 0.3) is 0 Å². The van der Waals surface area contributed by atoms with Crippen LogP contribution in [0.3, 0.4) is 0 Å². The first-order chi connectivity index (χ1) is 13.9. The lowest BCUT2D eigenvalue weighted by Gasteiger charge is -2.10. The maximum Gasteiger partial charge on any atom is 0.332 e. The van der Waals surface area contributed by atoms with Crippen LogP contribution in [0.25, 0.3) is 0 Å². The number of hydrogen-bond donors (Lipinski definition) is 0. The molecule has 0 unspecified atom stereocenters. The predicted molar refractivity (Wildman–Crippen MR) is 116 cm³/mol. The number of benzene rings is 3. The molecule has 0 saturated carbocycles. The molecule has 3 aromatic carbocycles. The molecule has 146 valence electrons. The molecule has 0 aliphatic heterocycles. The van der Waals surface area contributed by atoms with Gasteiger partial charge in [-0.2, -0.15) is 0 Å². The Labute approximate surface area is 174 Å². The van der Waals surface area contributed by atoms with Crippen LogP contribution in [0.2, 0.25) is 0 Å². The molecule has 29 heavy (non-hydrogen) atoms. The second-order valence-electron chi connectivity index (χ2n) is 6.61. The molecule has 0 spiro atoms. The topological polar surface area (TPSA) is 55.7 Å². The Bertz CT molecular complexity index is 1060. The highest BCUT2D eigenvalue weighted by molar-refractivity contribution is 7.99. The summed E-state index contributed by atoms with van der Waals surface area (Å²) >= 11 is 1.62. The van der Waals surface area contributed by atoms with Gasteiger partial charge >= 0.3 is 5.97 Å². The number of aryl methyl sites for hydroxylation is 2. The molecule has 0 fully saturated rings. The zero-order valence-corrected chi connectivity index (χ0v) is 17.3. The second-order valence-corrected chi connectivity index (χ2v) is 7.76. The van der Waals surface area contributed by atoms with E-state index >= 15 is 0 Å². The summed E-state index contributed by atoms with van der Waals surface area (Å²) in [4.78, 5) is 31.4. The van der Waals surface area contributed by atoms with Gasteiger partial charge in [0.15, 0.2) is 5.71 Å². The van der Waals surface area contributed by atoms with Gasteiger partial charge in [-0.15, -0.1) is 0 Å². The van der Waals surface area contributed by atoms with Gasteiger partial charge in [0.2, 0.25) is 5.78 Å². The summed E-state index contributed by atoms with van der Waals surface area (Å²) in [7, 11) is 0. The molecule has 4 nitrogen and oxygen atoms in total. The van der Waals surface area contributed by atoms with Crippen LogP contribution >= 0.6 is 11.8 Å². The first kappa shape index (κ1) is 20.6. The highest BCUT2D eigenvalue weighted by atomic mass is 32.2. The standard InChI is InChI=1S/C24H21NO3S/c1-16-9-10-17(2)22(15-16)23(25-28-18(3)26)24(27)19-11-13-21(14-12-19)29-20-7-5-4-6-8-20/h4-15H,1-3H3/b25-23-. The van der Waals surface area contributed by atoms with E-state index in [1.165, 1.54) is 6.92 Å². The number of carbonyl (C=O) groups is 2. The summed E-state index contributed by atoms with van der Waals surface area (Å²) in [6, 6.07) is 23.1. The third-order valence-electron chi connectivity index (χ3n) is 4.22. The first-order valence-electron chi connectivity index (χ1n) is 9.15. The zero-order chi connectivity index (χ0) is 20.8. The van der Waals surface area contributed by atoms with E-state index in [0.29, 0.717) is 11.1 Å². The fourth-order valence-electron chi connectivity index (χ4n) is 2.75. The summed E-state index contributed by atoms with van der Waals surface area (Å²) < 4.78 is 0. The van der Waals surface area contributed by atoms with E-state index in [1.54, 1.807) is 23.9 Å². The van der Waals surface area contributed by atoms with Crippen molar-refractivity contribution in [1.29, 1.82) is 0 Å². The lowest BCUT2D eigenvalue weighted by Crippen LogP contribution is -2.18. The van der Waals surface area contributed by atoms with Crippen molar-refractivity contribution in [2.75, 3.05) is 0 Å². The van der Waals surface area contributed by atoms with Gasteiger partial charge in [0.05, 0.1) is 0 Å². The van der Waals surface area contributed by atoms with Gasteiger partial charge in [0.1, 0.15) is 0 Å². The van der Waals surface area contributed by atoms with E-state index in [2.05, 4.69) is 5.16 Å².